The van der Waals surface area contributed by atoms with E-state index in [2.05, 4.69) is 11.6 Å². The summed E-state index contributed by atoms with van der Waals surface area (Å²) in [6, 6.07) is 11.3. The van der Waals surface area contributed by atoms with Crippen molar-refractivity contribution >= 4 is 39.3 Å². The molecular weight excluding hydrogens is 459 g/mol. The second kappa shape index (κ2) is 8.35. The Kier molecular flexibility index (Phi) is 5.33. The van der Waals surface area contributed by atoms with Gasteiger partial charge in [-0.05, 0) is 36.8 Å². The van der Waals surface area contributed by atoms with Crippen LogP contribution in [-0.4, -0.2) is 23.5 Å². The van der Waals surface area contributed by atoms with Gasteiger partial charge in [0.2, 0.25) is 5.76 Å². The molecule has 0 aliphatic carbocycles. The van der Waals surface area contributed by atoms with E-state index in [9.17, 15) is 18.8 Å². The first kappa shape index (κ1) is 21.7. The fourth-order valence-corrected chi connectivity index (χ4v) is 4.94. The maximum Gasteiger partial charge on any atom is 0.350 e. The third kappa shape index (κ3) is 3.41. The molecule has 0 unspecified atom stereocenters. The minimum atomic E-state index is -0.911. The highest BCUT2D eigenvalue weighted by atomic mass is 32.1. The number of aromatic nitrogens is 1. The number of amides is 1. The molecule has 4 aromatic rings. The smallest absolute Gasteiger partial charge is 0.350 e. The monoisotopic (exact) mass is 476 g/mol. The molecule has 0 saturated carbocycles. The average molecular weight is 476 g/mol. The Morgan fingerprint density at radius 3 is 2.71 bits per heavy atom. The highest BCUT2D eigenvalue weighted by Gasteiger charge is 2.45. The van der Waals surface area contributed by atoms with Crippen molar-refractivity contribution in [3.63, 3.8) is 0 Å². The van der Waals surface area contributed by atoms with E-state index in [1.165, 1.54) is 35.2 Å². The molecule has 0 spiro atoms. The van der Waals surface area contributed by atoms with Crippen LogP contribution < -0.4 is 10.3 Å². The zero-order valence-corrected chi connectivity index (χ0v) is 18.7. The van der Waals surface area contributed by atoms with Crippen molar-refractivity contribution in [2.24, 2.45) is 0 Å². The number of nitrogens with zero attached hydrogens (tertiary/aromatic N) is 2. The predicted octanol–water partition coefficient (Wildman–Crippen LogP) is 4.79. The predicted molar refractivity (Wildman–Crippen MR) is 125 cm³/mol. The van der Waals surface area contributed by atoms with Crippen molar-refractivity contribution in [1.82, 2.24) is 4.98 Å². The molecule has 9 heteroatoms. The van der Waals surface area contributed by atoms with Crippen molar-refractivity contribution in [2.75, 3.05) is 11.5 Å². The standard InChI is InChI=1S/C25H17FN2O5S/c1-3-12-32-24(31)22-13(2)27-25(34-22)28-19(14-8-10-15(26)11-9-14)18-20(29)16-6-4-5-7-17(16)33-21(18)23(28)30/h3-11,19H,1,12H2,2H3/t19-/m1/s1. The minimum absolute atomic E-state index is 0.0306. The molecule has 1 atom stereocenters. The first-order valence-electron chi connectivity index (χ1n) is 10.3. The molecule has 1 aliphatic rings. The molecule has 0 bridgehead atoms. The number of fused-ring (bicyclic) bond motifs is 2. The van der Waals surface area contributed by atoms with Crippen LogP contribution >= 0.6 is 11.3 Å². The van der Waals surface area contributed by atoms with Crippen LogP contribution in [0.5, 0.6) is 0 Å². The number of para-hydroxylation sites is 1. The normalized spacial score (nSPS) is 14.9. The number of halogens is 1. The van der Waals surface area contributed by atoms with E-state index in [4.69, 9.17) is 9.15 Å². The van der Waals surface area contributed by atoms with Crippen molar-refractivity contribution < 1.29 is 23.1 Å². The van der Waals surface area contributed by atoms with Crippen LogP contribution in [0, 0.1) is 12.7 Å². The molecule has 5 rings (SSSR count). The Balaban J connectivity index is 1.71. The summed E-state index contributed by atoms with van der Waals surface area (Å²) in [5, 5.41) is 0.518. The summed E-state index contributed by atoms with van der Waals surface area (Å²) < 4.78 is 24.7. The van der Waals surface area contributed by atoms with Crippen LogP contribution in [0.4, 0.5) is 9.52 Å². The quantitative estimate of drug-likeness (QED) is 0.304. The first-order chi connectivity index (χ1) is 16.4. The summed E-state index contributed by atoms with van der Waals surface area (Å²) in [6.45, 7) is 5.18. The molecule has 0 saturated heterocycles. The maximum absolute atomic E-state index is 13.7. The van der Waals surface area contributed by atoms with Gasteiger partial charge in [0.15, 0.2) is 10.6 Å². The van der Waals surface area contributed by atoms with Gasteiger partial charge in [0, 0.05) is 0 Å². The topological polar surface area (TPSA) is 89.7 Å². The average Bonchev–Trinajstić information content (AvgIpc) is 3.36. The number of ether oxygens (including phenoxy) is 1. The van der Waals surface area contributed by atoms with Gasteiger partial charge < -0.3 is 9.15 Å². The molecule has 3 heterocycles. The number of rotatable bonds is 5. The number of carbonyl (C=O) groups is 2. The van der Waals surface area contributed by atoms with Crippen molar-refractivity contribution in [1.29, 1.82) is 0 Å². The number of thiazole rings is 1. The fraction of sp³-hybridized carbons (Fsp3) is 0.120. The summed E-state index contributed by atoms with van der Waals surface area (Å²) in [6.07, 6.45) is 1.45. The minimum Gasteiger partial charge on any atom is -0.457 e. The molecule has 7 nitrogen and oxygen atoms in total. The number of anilines is 1. The van der Waals surface area contributed by atoms with Crippen LogP contribution in [0.3, 0.4) is 0 Å². The first-order valence-corrected chi connectivity index (χ1v) is 11.1. The lowest BCUT2D eigenvalue weighted by Gasteiger charge is -2.22. The van der Waals surface area contributed by atoms with Gasteiger partial charge in [0.1, 0.15) is 22.9 Å². The maximum atomic E-state index is 13.7. The van der Waals surface area contributed by atoms with Crippen molar-refractivity contribution in [3.8, 4) is 0 Å². The van der Waals surface area contributed by atoms with Gasteiger partial charge in [-0.15, -0.1) is 0 Å². The highest BCUT2D eigenvalue weighted by Crippen LogP contribution is 2.43. The Morgan fingerprint density at radius 1 is 1.24 bits per heavy atom. The zero-order valence-electron chi connectivity index (χ0n) is 17.9. The summed E-state index contributed by atoms with van der Waals surface area (Å²) in [4.78, 5) is 45.4. The molecule has 0 N–H and O–H groups in total. The van der Waals surface area contributed by atoms with E-state index in [1.807, 2.05) is 0 Å². The summed E-state index contributed by atoms with van der Waals surface area (Å²) in [5.41, 5.74) is 0.933. The molecular formula is C25H17FN2O5S. The summed E-state index contributed by atoms with van der Waals surface area (Å²) in [5.74, 6) is -1.74. The van der Waals surface area contributed by atoms with Crippen LogP contribution in [0.1, 0.15) is 43.1 Å². The third-order valence-corrected chi connectivity index (χ3v) is 6.61. The van der Waals surface area contributed by atoms with Crippen LogP contribution in [0.15, 0.2) is 70.4 Å². The second-order valence-corrected chi connectivity index (χ2v) is 8.58. The molecule has 0 fully saturated rings. The lowest BCUT2D eigenvalue weighted by atomic mass is 9.99. The molecule has 0 radical (unpaired) electrons. The van der Waals surface area contributed by atoms with E-state index in [1.54, 1.807) is 31.2 Å². The van der Waals surface area contributed by atoms with E-state index < -0.39 is 23.7 Å². The Hall–Kier alpha value is -4.11. The Labute approximate surface area is 196 Å². The lowest BCUT2D eigenvalue weighted by molar-refractivity contribution is 0.0554. The number of hydrogen-bond acceptors (Lipinski definition) is 7. The SMILES string of the molecule is C=CCOC(=O)c1sc(N2C(=O)c3oc4ccccc4c(=O)c3[C@H]2c2ccc(F)cc2)nc1C. The van der Waals surface area contributed by atoms with Gasteiger partial charge in [0.25, 0.3) is 5.91 Å². The van der Waals surface area contributed by atoms with Gasteiger partial charge in [-0.3, -0.25) is 14.5 Å². The molecule has 2 aromatic heterocycles. The number of benzene rings is 2. The van der Waals surface area contributed by atoms with Crippen LogP contribution in [0.25, 0.3) is 11.0 Å². The highest BCUT2D eigenvalue weighted by molar-refractivity contribution is 7.17. The third-order valence-electron chi connectivity index (χ3n) is 5.47. The second-order valence-electron chi connectivity index (χ2n) is 7.60. The molecule has 1 aliphatic heterocycles. The number of carbonyl (C=O) groups excluding carboxylic acids is 2. The van der Waals surface area contributed by atoms with Crippen LogP contribution in [-0.2, 0) is 4.74 Å². The van der Waals surface area contributed by atoms with Crippen molar-refractivity contribution in [3.05, 3.63) is 105 Å². The molecule has 1 amide bonds. The Morgan fingerprint density at radius 2 is 1.97 bits per heavy atom. The largest absolute Gasteiger partial charge is 0.457 e. The van der Waals surface area contributed by atoms with Gasteiger partial charge in [-0.2, -0.15) is 0 Å². The van der Waals surface area contributed by atoms with Gasteiger partial charge in [-0.1, -0.05) is 48.3 Å². The molecule has 2 aromatic carbocycles. The molecule has 170 valence electrons. The fourth-order valence-electron chi connectivity index (χ4n) is 3.95. The lowest BCUT2D eigenvalue weighted by Crippen LogP contribution is -2.29. The van der Waals surface area contributed by atoms with E-state index in [-0.39, 0.29) is 39.0 Å². The number of aryl methyl sites for hydroxylation is 1. The van der Waals surface area contributed by atoms with E-state index in [0.717, 1.165) is 11.3 Å². The number of esters is 1. The van der Waals surface area contributed by atoms with Gasteiger partial charge in [0.05, 0.1) is 22.7 Å². The Bertz CT molecular complexity index is 1520. The summed E-state index contributed by atoms with van der Waals surface area (Å²) in [7, 11) is 0. The molecule has 34 heavy (non-hydrogen) atoms. The summed E-state index contributed by atoms with van der Waals surface area (Å²) >= 11 is 0.969. The number of hydrogen-bond donors (Lipinski definition) is 0. The van der Waals surface area contributed by atoms with Gasteiger partial charge >= 0.3 is 5.97 Å². The van der Waals surface area contributed by atoms with Crippen LogP contribution in [0.2, 0.25) is 0 Å². The van der Waals surface area contributed by atoms with Crippen molar-refractivity contribution in [2.45, 2.75) is 13.0 Å². The van der Waals surface area contributed by atoms with Gasteiger partial charge in [-0.25, -0.2) is 14.2 Å². The van der Waals surface area contributed by atoms with E-state index in [0.29, 0.717) is 16.6 Å². The zero-order chi connectivity index (χ0) is 24.0. The van der Waals surface area contributed by atoms with E-state index >= 15 is 0 Å².